The fraction of sp³-hybridized carbons (Fsp3) is 0.300. The van der Waals surface area contributed by atoms with Crippen molar-refractivity contribution in [3.05, 3.63) is 24.3 Å². The highest BCUT2D eigenvalue weighted by atomic mass is 127. The third-order valence-corrected chi connectivity index (χ3v) is 1.75. The molecule has 0 atom stereocenters. The van der Waals surface area contributed by atoms with E-state index in [4.69, 9.17) is 15.6 Å². The van der Waals surface area contributed by atoms with Crippen LogP contribution in [0.15, 0.2) is 29.3 Å². The molecular formula is C10H16IN3O2. The van der Waals surface area contributed by atoms with Crippen molar-refractivity contribution >= 4 is 35.6 Å². The Morgan fingerprint density at radius 1 is 1.50 bits per heavy atom. The Morgan fingerprint density at radius 3 is 2.81 bits per heavy atom. The van der Waals surface area contributed by atoms with Gasteiger partial charge in [0.2, 0.25) is 0 Å². The number of nitrogens with two attached hydrogens (primary N) is 1. The molecule has 0 amide bonds. The lowest BCUT2D eigenvalue weighted by Crippen LogP contribution is -2.23. The number of nitrogens with one attached hydrogen (secondary N) is 1. The van der Waals surface area contributed by atoms with Crippen molar-refractivity contribution in [2.24, 2.45) is 10.7 Å². The van der Waals surface area contributed by atoms with Crippen LogP contribution in [0, 0.1) is 0 Å². The number of aliphatic hydroxyl groups excluding tert-OH is 1. The van der Waals surface area contributed by atoms with Gasteiger partial charge in [-0.3, -0.25) is 4.99 Å². The first-order valence-corrected chi connectivity index (χ1v) is 4.58. The number of hydrogen-bond acceptors (Lipinski definition) is 3. The van der Waals surface area contributed by atoms with Crippen LogP contribution in [-0.4, -0.2) is 31.3 Å². The number of methoxy groups -OCH3 is 1. The molecule has 6 heteroatoms. The number of hydrogen-bond donors (Lipinski definition) is 3. The smallest absolute Gasteiger partial charge is 0.193 e. The summed E-state index contributed by atoms with van der Waals surface area (Å²) in [5.74, 6) is 0.952. The number of rotatable bonds is 4. The van der Waals surface area contributed by atoms with Gasteiger partial charge < -0.3 is 20.9 Å². The SMILES string of the molecule is COc1ccccc1NC(N)=NCCO.I. The van der Waals surface area contributed by atoms with Crippen LogP contribution in [0.4, 0.5) is 5.69 Å². The third kappa shape index (κ3) is 4.67. The van der Waals surface area contributed by atoms with E-state index in [0.717, 1.165) is 5.69 Å². The van der Waals surface area contributed by atoms with Gasteiger partial charge in [0.1, 0.15) is 5.75 Å². The van der Waals surface area contributed by atoms with Crippen molar-refractivity contribution in [1.82, 2.24) is 0 Å². The third-order valence-electron chi connectivity index (χ3n) is 1.75. The van der Waals surface area contributed by atoms with Crippen LogP contribution in [-0.2, 0) is 0 Å². The van der Waals surface area contributed by atoms with Gasteiger partial charge in [-0.25, -0.2) is 0 Å². The minimum atomic E-state index is -0.0195. The van der Waals surface area contributed by atoms with Gasteiger partial charge in [0, 0.05) is 0 Å². The van der Waals surface area contributed by atoms with E-state index in [2.05, 4.69) is 10.3 Å². The molecule has 90 valence electrons. The first kappa shape index (κ1) is 15.0. The molecular weight excluding hydrogens is 321 g/mol. The number of aliphatic hydroxyl groups is 1. The highest BCUT2D eigenvalue weighted by Gasteiger charge is 2.01. The molecule has 16 heavy (non-hydrogen) atoms. The molecule has 1 aromatic rings. The summed E-state index contributed by atoms with van der Waals surface area (Å²) < 4.78 is 5.13. The summed E-state index contributed by atoms with van der Waals surface area (Å²) in [7, 11) is 1.58. The summed E-state index contributed by atoms with van der Waals surface area (Å²) in [5, 5.41) is 11.5. The molecule has 0 aliphatic heterocycles. The van der Waals surface area contributed by atoms with E-state index in [9.17, 15) is 0 Å². The van der Waals surface area contributed by atoms with Crippen molar-refractivity contribution in [3.63, 3.8) is 0 Å². The molecule has 0 unspecified atom stereocenters. The molecule has 0 saturated carbocycles. The molecule has 0 saturated heterocycles. The van der Waals surface area contributed by atoms with Gasteiger partial charge in [0.25, 0.3) is 0 Å². The fourth-order valence-corrected chi connectivity index (χ4v) is 1.10. The number of guanidine groups is 1. The number of benzene rings is 1. The highest BCUT2D eigenvalue weighted by Crippen LogP contribution is 2.22. The topological polar surface area (TPSA) is 79.9 Å². The van der Waals surface area contributed by atoms with Gasteiger partial charge in [-0.2, -0.15) is 0 Å². The molecule has 0 aliphatic carbocycles. The Morgan fingerprint density at radius 2 is 2.19 bits per heavy atom. The van der Waals surface area contributed by atoms with E-state index in [1.165, 1.54) is 0 Å². The lowest BCUT2D eigenvalue weighted by molar-refractivity contribution is 0.307. The van der Waals surface area contributed by atoms with Crippen molar-refractivity contribution in [1.29, 1.82) is 0 Å². The van der Waals surface area contributed by atoms with E-state index >= 15 is 0 Å². The van der Waals surface area contributed by atoms with E-state index in [1.807, 2.05) is 24.3 Å². The molecule has 0 radical (unpaired) electrons. The number of para-hydroxylation sites is 2. The quantitative estimate of drug-likeness (QED) is 0.436. The highest BCUT2D eigenvalue weighted by molar-refractivity contribution is 14.0. The predicted molar refractivity (Wildman–Crippen MR) is 75.6 cm³/mol. The maximum Gasteiger partial charge on any atom is 0.193 e. The van der Waals surface area contributed by atoms with Gasteiger partial charge in [-0.15, -0.1) is 24.0 Å². The molecule has 1 aromatic carbocycles. The van der Waals surface area contributed by atoms with Crippen molar-refractivity contribution in [3.8, 4) is 5.75 Å². The van der Waals surface area contributed by atoms with E-state index in [-0.39, 0.29) is 43.1 Å². The van der Waals surface area contributed by atoms with Crippen LogP contribution >= 0.6 is 24.0 Å². The van der Waals surface area contributed by atoms with Gasteiger partial charge >= 0.3 is 0 Å². The van der Waals surface area contributed by atoms with Crippen LogP contribution in [0.3, 0.4) is 0 Å². The molecule has 0 aromatic heterocycles. The average Bonchev–Trinajstić information content (AvgIpc) is 2.27. The molecule has 0 bridgehead atoms. The molecule has 4 N–H and O–H groups in total. The predicted octanol–water partition coefficient (Wildman–Crippen LogP) is 1.03. The summed E-state index contributed by atoms with van der Waals surface area (Å²) in [6, 6.07) is 7.39. The number of ether oxygens (including phenoxy) is 1. The van der Waals surface area contributed by atoms with Crippen LogP contribution in [0.2, 0.25) is 0 Å². The molecule has 0 aliphatic rings. The zero-order valence-corrected chi connectivity index (χ0v) is 11.3. The van der Waals surface area contributed by atoms with E-state index in [1.54, 1.807) is 7.11 Å². The zero-order valence-electron chi connectivity index (χ0n) is 9.01. The first-order valence-electron chi connectivity index (χ1n) is 4.58. The lowest BCUT2D eigenvalue weighted by Gasteiger charge is -2.09. The summed E-state index contributed by atoms with van der Waals surface area (Å²) in [6.45, 7) is 0.266. The Kier molecular flexibility index (Phi) is 7.65. The van der Waals surface area contributed by atoms with Gasteiger partial charge in [-0.1, -0.05) is 12.1 Å². The average molecular weight is 337 g/mol. The minimum absolute atomic E-state index is 0. The Bertz CT molecular complexity index is 345. The van der Waals surface area contributed by atoms with Crippen molar-refractivity contribution < 1.29 is 9.84 Å². The summed E-state index contributed by atoms with van der Waals surface area (Å²) in [5.41, 5.74) is 6.34. The van der Waals surface area contributed by atoms with Crippen LogP contribution in [0.1, 0.15) is 0 Å². The van der Waals surface area contributed by atoms with Gasteiger partial charge in [-0.05, 0) is 12.1 Å². The minimum Gasteiger partial charge on any atom is -0.495 e. The number of halogens is 1. The first-order chi connectivity index (χ1) is 7.27. The maximum atomic E-state index is 8.57. The van der Waals surface area contributed by atoms with E-state index < -0.39 is 0 Å². The second-order valence-corrected chi connectivity index (χ2v) is 2.82. The molecule has 0 fully saturated rings. The molecule has 0 spiro atoms. The second-order valence-electron chi connectivity index (χ2n) is 2.82. The van der Waals surface area contributed by atoms with Crippen molar-refractivity contribution in [2.45, 2.75) is 0 Å². The standard InChI is InChI=1S/C10H15N3O2.HI/c1-15-9-5-3-2-4-8(9)13-10(11)12-6-7-14;/h2-5,14H,6-7H2,1H3,(H3,11,12,13);1H. The van der Waals surface area contributed by atoms with Gasteiger partial charge in [0.05, 0.1) is 25.9 Å². The fourth-order valence-electron chi connectivity index (χ4n) is 1.10. The van der Waals surface area contributed by atoms with E-state index in [0.29, 0.717) is 5.75 Å². The lowest BCUT2D eigenvalue weighted by atomic mass is 10.3. The monoisotopic (exact) mass is 337 g/mol. The number of aliphatic imine (C=N–C) groups is 1. The zero-order chi connectivity index (χ0) is 11.1. The van der Waals surface area contributed by atoms with Crippen LogP contribution < -0.4 is 15.8 Å². The Labute approximate surface area is 112 Å². The summed E-state index contributed by atoms with van der Waals surface area (Å²) >= 11 is 0. The van der Waals surface area contributed by atoms with Crippen LogP contribution in [0.5, 0.6) is 5.75 Å². The molecule has 1 rings (SSSR count). The summed E-state index contributed by atoms with van der Waals surface area (Å²) in [4.78, 5) is 3.89. The number of nitrogens with zero attached hydrogens (tertiary/aromatic N) is 1. The maximum absolute atomic E-state index is 8.57. The Balaban J connectivity index is 0.00000225. The number of anilines is 1. The summed E-state index contributed by atoms with van der Waals surface area (Å²) in [6.07, 6.45) is 0. The Hall–Kier alpha value is -1.02. The molecule has 0 heterocycles. The van der Waals surface area contributed by atoms with Crippen LogP contribution in [0.25, 0.3) is 0 Å². The van der Waals surface area contributed by atoms with Gasteiger partial charge in [0.15, 0.2) is 5.96 Å². The largest absolute Gasteiger partial charge is 0.495 e. The van der Waals surface area contributed by atoms with Crippen molar-refractivity contribution in [2.75, 3.05) is 25.6 Å². The normalized spacial score (nSPS) is 10.5. The molecule has 5 nitrogen and oxygen atoms in total. The second kappa shape index (κ2) is 8.17.